The van der Waals surface area contributed by atoms with Crippen molar-refractivity contribution >= 4 is 55.8 Å². The van der Waals surface area contributed by atoms with E-state index in [1.807, 2.05) is 0 Å². The number of hydrogen-bond acceptors (Lipinski definition) is 7. The summed E-state index contributed by atoms with van der Waals surface area (Å²) in [6.45, 7) is 4.27. The molecule has 7 nitrogen and oxygen atoms in total. The molecule has 3 rings (SSSR count). The maximum atomic E-state index is 12.7. The van der Waals surface area contributed by atoms with Gasteiger partial charge in [0.15, 0.2) is 4.34 Å². The number of sulfonamides is 1. The van der Waals surface area contributed by atoms with Crippen LogP contribution in [0.4, 0.5) is 5.13 Å². The molecule has 1 aromatic heterocycles. The Labute approximate surface area is 183 Å². The van der Waals surface area contributed by atoms with Crippen LogP contribution in [0.5, 0.6) is 0 Å². The summed E-state index contributed by atoms with van der Waals surface area (Å²) in [6.07, 6.45) is 2.70. The SMILES string of the molecule is C=CCSc1nnc(NC(=O)C2CCN(S(=O)(=O)Cc3ccccc3Cl)CC2)s1. The Morgan fingerprint density at radius 1 is 1.34 bits per heavy atom. The van der Waals surface area contributed by atoms with E-state index in [1.165, 1.54) is 27.4 Å². The van der Waals surface area contributed by atoms with Gasteiger partial charge in [0, 0.05) is 29.8 Å². The van der Waals surface area contributed by atoms with Crippen LogP contribution in [-0.4, -0.2) is 47.7 Å². The Morgan fingerprint density at radius 2 is 2.07 bits per heavy atom. The van der Waals surface area contributed by atoms with Crippen LogP contribution in [-0.2, 0) is 20.6 Å². The first-order valence-corrected chi connectivity index (χ1v) is 12.8. The second-order valence-electron chi connectivity index (χ2n) is 6.48. The fraction of sp³-hybridized carbons (Fsp3) is 0.389. The third kappa shape index (κ3) is 6.02. The molecule has 156 valence electrons. The zero-order valence-corrected chi connectivity index (χ0v) is 18.8. The number of halogens is 1. The standard InChI is InChI=1S/C18H21ClN4O3S3/c1-2-11-27-18-22-21-17(28-18)20-16(24)13-7-9-23(10-8-13)29(25,26)12-14-5-3-4-6-15(14)19/h2-6,13H,1,7-12H2,(H,20,21,24). The highest BCUT2D eigenvalue weighted by atomic mass is 35.5. The fourth-order valence-corrected chi connectivity index (χ4v) is 6.35. The molecule has 0 bridgehead atoms. The lowest BCUT2D eigenvalue weighted by Crippen LogP contribution is -2.41. The molecule has 0 spiro atoms. The molecule has 11 heteroatoms. The van der Waals surface area contributed by atoms with Crippen LogP contribution in [0.25, 0.3) is 0 Å². The molecule has 0 unspecified atom stereocenters. The van der Waals surface area contributed by atoms with Crippen molar-refractivity contribution in [2.24, 2.45) is 5.92 Å². The number of nitrogens with one attached hydrogen (secondary N) is 1. The number of thioether (sulfide) groups is 1. The fourth-order valence-electron chi connectivity index (χ4n) is 2.96. The van der Waals surface area contributed by atoms with Crippen molar-refractivity contribution < 1.29 is 13.2 Å². The number of piperidine rings is 1. The smallest absolute Gasteiger partial charge is 0.229 e. The van der Waals surface area contributed by atoms with Crippen LogP contribution in [0.1, 0.15) is 18.4 Å². The second-order valence-corrected chi connectivity index (χ2v) is 11.1. The van der Waals surface area contributed by atoms with Gasteiger partial charge in [0.25, 0.3) is 0 Å². The van der Waals surface area contributed by atoms with E-state index in [2.05, 4.69) is 22.1 Å². The van der Waals surface area contributed by atoms with E-state index in [-0.39, 0.29) is 17.6 Å². The van der Waals surface area contributed by atoms with Gasteiger partial charge in [-0.15, -0.1) is 16.8 Å². The predicted molar refractivity (Wildman–Crippen MR) is 118 cm³/mol. The maximum Gasteiger partial charge on any atom is 0.229 e. The van der Waals surface area contributed by atoms with Gasteiger partial charge in [-0.05, 0) is 24.5 Å². The van der Waals surface area contributed by atoms with Gasteiger partial charge >= 0.3 is 0 Å². The van der Waals surface area contributed by atoms with Gasteiger partial charge in [0.2, 0.25) is 21.1 Å². The Hall–Kier alpha value is -1.46. The number of aromatic nitrogens is 2. The van der Waals surface area contributed by atoms with E-state index in [0.29, 0.717) is 41.6 Å². The molecule has 1 fully saturated rings. The van der Waals surface area contributed by atoms with Gasteiger partial charge in [-0.2, -0.15) is 0 Å². The molecule has 0 aliphatic carbocycles. The van der Waals surface area contributed by atoms with Crippen molar-refractivity contribution in [2.75, 3.05) is 24.2 Å². The van der Waals surface area contributed by atoms with Crippen molar-refractivity contribution in [2.45, 2.75) is 22.9 Å². The number of anilines is 1. The third-order valence-corrected chi connectivity index (χ3v) is 8.64. The molecule has 0 saturated carbocycles. The molecule has 1 aliphatic heterocycles. The molecular formula is C18H21ClN4O3S3. The molecule has 1 aromatic carbocycles. The Bertz CT molecular complexity index is 972. The van der Waals surface area contributed by atoms with E-state index in [4.69, 9.17) is 11.6 Å². The normalized spacial score (nSPS) is 15.9. The molecule has 0 atom stereocenters. The molecule has 0 radical (unpaired) electrons. The van der Waals surface area contributed by atoms with Crippen molar-refractivity contribution in [3.05, 3.63) is 47.5 Å². The number of nitrogens with zero attached hydrogens (tertiary/aromatic N) is 3. The van der Waals surface area contributed by atoms with Crippen molar-refractivity contribution in [3.8, 4) is 0 Å². The first kappa shape index (κ1) is 22.2. The zero-order chi connectivity index (χ0) is 20.9. The van der Waals surface area contributed by atoms with Crippen molar-refractivity contribution in [3.63, 3.8) is 0 Å². The van der Waals surface area contributed by atoms with Crippen molar-refractivity contribution in [1.29, 1.82) is 0 Å². The summed E-state index contributed by atoms with van der Waals surface area (Å²) in [5.74, 6) is 0.183. The summed E-state index contributed by atoms with van der Waals surface area (Å²) in [7, 11) is -3.49. The quantitative estimate of drug-likeness (QED) is 0.358. The Balaban J connectivity index is 1.53. The minimum atomic E-state index is -3.49. The topological polar surface area (TPSA) is 92.3 Å². The summed E-state index contributed by atoms with van der Waals surface area (Å²) in [4.78, 5) is 12.5. The van der Waals surface area contributed by atoms with E-state index in [0.717, 1.165) is 10.1 Å². The summed E-state index contributed by atoms with van der Waals surface area (Å²) in [6, 6.07) is 6.92. The molecule has 2 aromatic rings. The monoisotopic (exact) mass is 472 g/mol. The van der Waals surface area contributed by atoms with Gasteiger partial charge in [-0.25, -0.2) is 12.7 Å². The molecule has 1 amide bonds. The van der Waals surface area contributed by atoms with Crippen LogP contribution >= 0.6 is 34.7 Å². The number of amides is 1. The lowest BCUT2D eigenvalue weighted by molar-refractivity contribution is -0.120. The number of rotatable bonds is 8. The van der Waals surface area contributed by atoms with Crippen LogP contribution in [0.2, 0.25) is 5.02 Å². The molecule has 1 saturated heterocycles. The average molecular weight is 473 g/mol. The number of hydrogen-bond donors (Lipinski definition) is 1. The number of benzene rings is 1. The lowest BCUT2D eigenvalue weighted by atomic mass is 9.97. The summed E-state index contributed by atoms with van der Waals surface area (Å²) in [5, 5.41) is 11.7. The van der Waals surface area contributed by atoms with Crippen LogP contribution < -0.4 is 5.32 Å². The number of carbonyl (C=O) groups excluding carboxylic acids is 1. The second kappa shape index (κ2) is 10.0. The van der Waals surface area contributed by atoms with E-state index in [9.17, 15) is 13.2 Å². The highest BCUT2D eigenvalue weighted by Crippen LogP contribution is 2.28. The van der Waals surface area contributed by atoms with Crippen molar-refractivity contribution in [1.82, 2.24) is 14.5 Å². The lowest BCUT2D eigenvalue weighted by Gasteiger charge is -2.30. The van der Waals surface area contributed by atoms with Gasteiger partial charge < -0.3 is 5.32 Å². The minimum absolute atomic E-state index is 0.139. The van der Waals surface area contributed by atoms with Gasteiger partial charge in [0.1, 0.15) is 0 Å². The maximum absolute atomic E-state index is 12.7. The van der Waals surface area contributed by atoms with Gasteiger partial charge in [0.05, 0.1) is 5.75 Å². The predicted octanol–water partition coefficient (Wildman–Crippen LogP) is 3.65. The summed E-state index contributed by atoms with van der Waals surface area (Å²) < 4.78 is 27.6. The highest BCUT2D eigenvalue weighted by molar-refractivity contribution is 8.01. The van der Waals surface area contributed by atoms with E-state index < -0.39 is 10.0 Å². The zero-order valence-electron chi connectivity index (χ0n) is 15.6. The first-order valence-electron chi connectivity index (χ1n) is 8.98. The largest absolute Gasteiger partial charge is 0.300 e. The average Bonchev–Trinajstić information content (AvgIpc) is 3.15. The van der Waals surface area contributed by atoms with E-state index in [1.54, 1.807) is 30.3 Å². The molecular weight excluding hydrogens is 452 g/mol. The first-order chi connectivity index (χ1) is 13.9. The Morgan fingerprint density at radius 3 is 2.76 bits per heavy atom. The van der Waals surface area contributed by atoms with Gasteiger partial charge in [-0.1, -0.05) is 59.0 Å². The van der Waals surface area contributed by atoms with Crippen LogP contribution in [0, 0.1) is 5.92 Å². The number of carbonyl (C=O) groups is 1. The van der Waals surface area contributed by atoms with Gasteiger partial charge in [-0.3, -0.25) is 4.79 Å². The summed E-state index contributed by atoms with van der Waals surface area (Å²) in [5.41, 5.74) is 0.579. The molecule has 1 aliphatic rings. The molecule has 1 N–H and O–H groups in total. The highest BCUT2D eigenvalue weighted by Gasteiger charge is 2.31. The van der Waals surface area contributed by atoms with Crippen LogP contribution in [0.3, 0.4) is 0 Å². The van der Waals surface area contributed by atoms with E-state index >= 15 is 0 Å². The minimum Gasteiger partial charge on any atom is -0.300 e. The summed E-state index contributed by atoms with van der Waals surface area (Å²) >= 11 is 8.90. The third-order valence-electron chi connectivity index (χ3n) is 4.48. The molecule has 29 heavy (non-hydrogen) atoms. The van der Waals surface area contributed by atoms with Crippen LogP contribution in [0.15, 0.2) is 41.3 Å². The molecule has 2 heterocycles. The Kier molecular flexibility index (Phi) is 7.69.